The van der Waals surface area contributed by atoms with Crippen molar-refractivity contribution in [2.75, 3.05) is 44.3 Å². The van der Waals surface area contributed by atoms with Crippen molar-refractivity contribution in [1.29, 1.82) is 0 Å². The first-order chi connectivity index (χ1) is 15.6. The molecule has 33 heavy (non-hydrogen) atoms. The first kappa shape index (κ1) is 25.0. The van der Waals surface area contributed by atoms with E-state index in [2.05, 4.69) is 20.2 Å². The molecule has 13 heteroatoms. The number of H-pyrrole nitrogens is 1. The Bertz CT molecular complexity index is 994. The number of aromatic nitrogens is 4. The lowest BCUT2D eigenvalue weighted by atomic mass is 10.3. The fraction of sp³-hybridized carbons (Fsp3) is 0.550. The second kappa shape index (κ2) is 11.0. The fourth-order valence-electron chi connectivity index (χ4n) is 3.17. The van der Waals surface area contributed by atoms with E-state index in [-0.39, 0.29) is 35.7 Å². The number of carbonyl (C=O) groups excluding carboxylic acids is 1. The summed E-state index contributed by atoms with van der Waals surface area (Å²) in [5.41, 5.74) is -0.501. The Kier molecular flexibility index (Phi) is 8.30. The van der Waals surface area contributed by atoms with Gasteiger partial charge in [0.05, 0.1) is 31.4 Å². The number of nitrogens with one attached hydrogen (secondary N) is 1. The van der Waals surface area contributed by atoms with Gasteiger partial charge in [-0.2, -0.15) is 18.3 Å². The Balaban J connectivity index is 1.36. The van der Waals surface area contributed by atoms with Crippen LogP contribution in [0.5, 0.6) is 0 Å². The van der Waals surface area contributed by atoms with Crippen molar-refractivity contribution in [2.45, 2.75) is 36.6 Å². The summed E-state index contributed by atoms with van der Waals surface area (Å²) < 4.78 is 43.5. The molecule has 2 aromatic rings. The van der Waals surface area contributed by atoms with Crippen LogP contribution in [-0.4, -0.2) is 75.6 Å². The van der Waals surface area contributed by atoms with E-state index in [9.17, 15) is 22.8 Å². The van der Waals surface area contributed by atoms with Crippen LogP contribution in [0.3, 0.4) is 0 Å². The molecule has 0 aromatic carbocycles. The van der Waals surface area contributed by atoms with Gasteiger partial charge in [0, 0.05) is 54.3 Å². The summed E-state index contributed by atoms with van der Waals surface area (Å²) in [5.74, 6) is 0.175. The highest BCUT2D eigenvalue weighted by atomic mass is 32.2. The van der Waals surface area contributed by atoms with Gasteiger partial charge in [-0.1, -0.05) is 6.92 Å². The molecule has 0 unspecified atom stereocenters. The zero-order valence-electron chi connectivity index (χ0n) is 18.3. The van der Waals surface area contributed by atoms with Gasteiger partial charge in [0.15, 0.2) is 0 Å². The summed E-state index contributed by atoms with van der Waals surface area (Å²) >= 11 is 1.49. The molecule has 1 saturated heterocycles. The molecule has 2 aromatic heterocycles. The summed E-state index contributed by atoms with van der Waals surface area (Å²) in [6, 6.07) is 0. The van der Waals surface area contributed by atoms with Crippen molar-refractivity contribution in [3.8, 4) is 0 Å². The highest BCUT2D eigenvalue weighted by Crippen LogP contribution is 2.28. The van der Waals surface area contributed by atoms with Crippen molar-refractivity contribution in [3.63, 3.8) is 0 Å². The van der Waals surface area contributed by atoms with Crippen LogP contribution >= 0.6 is 11.8 Å². The molecular weight excluding hydrogens is 461 g/mol. The van der Waals surface area contributed by atoms with Gasteiger partial charge < -0.3 is 14.5 Å². The quantitative estimate of drug-likeness (QED) is 0.447. The number of thioether (sulfide) groups is 1. The number of piperazine rings is 1. The largest absolute Gasteiger partial charge is 0.419 e. The third-order valence-corrected chi connectivity index (χ3v) is 6.28. The van der Waals surface area contributed by atoms with Crippen LogP contribution in [0.25, 0.3) is 0 Å². The van der Waals surface area contributed by atoms with Crippen molar-refractivity contribution >= 4 is 23.6 Å². The predicted molar refractivity (Wildman–Crippen MR) is 116 cm³/mol. The Labute approximate surface area is 192 Å². The average molecular weight is 487 g/mol. The maximum atomic E-state index is 12.6. The SMILES string of the molecule is Cc1c(S[C@@H](C)COCCC(=O)N2CCN(c3ncc(C(F)(F)F)cn3)CC2)cn[nH]c1=O. The van der Waals surface area contributed by atoms with Crippen LogP contribution in [0.1, 0.15) is 24.5 Å². The molecule has 0 spiro atoms. The molecule has 1 atom stereocenters. The first-order valence-corrected chi connectivity index (χ1v) is 11.2. The number of aromatic amines is 1. The summed E-state index contributed by atoms with van der Waals surface area (Å²) in [6.07, 6.45) is -1.09. The Morgan fingerprint density at radius 3 is 2.52 bits per heavy atom. The zero-order chi connectivity index (χ0) is 24.0. The van der Waals surface area contributed by atoms with Gasteiger partial charge in [-0.25, -0.2) is 15.1 Å². The van der Waals surface area contributed by atoms with E-state index in [1.54, 1.807) is 22.9 Å². The Hall–Kier alpha value is -2.67. The number of hydrogen-bond donors (Lipinski definition) is 1. The van der Waals surface area contributed by atoms with E-state index in [4.69, 9.17) is 4.74 Å². The van der Waals surface area contributed by atoms with Gasteiger partial charge in [-0.3, -0.25) is 9.59 Å². The van der Waals surface area contributed by atoms with Gasteiger partial charge in [0.1, 0.15) is 0 Å². The lowest BCUT2D eigenvalue weighted by Gasteiger charge is -2.34. The monoisotopic (exact) mass is 486 g/mol. The maximum Gasteiger partial charge on any atom is 0.419 e. The van der Waals surface area contributed by atoms with Gasteiger partial charge in [0.25, 0.3) is 5.56 Å². The number of carbonyl (C=O) groups is 1. The zero-order valence-corrected chi connectivity index (χ0v) is 19.1. The van der Waals surface area contributed by atoms with Crippen LogP contribution in [0.2, 0.25) is 0 Å². The van der Waals surface area contributed by atoms with Crippen LogP contribution in [0.4, 0.5) is 19.1 Å². The van der Waals surface area contributed by atoms with Gasteiger partial charge in [0.2, 0.25) is 11.9 Å². The highest BCUT2D eigenvalue weighted by Gasteiger charge is 2.32. The smallest absolute Gasteiger partial charge is 0.380 e. The topological polar surface area (TPSA) is 104 Å². The molecule has 180 valence electrons. The number of rotatable bonds is 8. The number of anilines is 1. The Morgan fingerprint density at radius 2 is 1.88 bits per heavy atom. The summed E-state index contributed by atoms with van der Waals surface area (Å²) in [4.78, 5) is 35.9. The van der Waals surface area contributed by atoms with Crippen molar-refractivity contribution < 1.29 is 22.7 Å². The van der Waals surface area contributed by atoms with Crippen LogP contribution in [-0.2, 0) is 15.7 Å². The number of hydrogen-bond acceptors (Lipinski definition) is 8. The normalized spacial score (nSPS) is 15.5. The minimum Gasteiger partial charge on any atom is -0.380 e. The fourth-order valence-corrected chi connectivity index (χ4v) is 4.15. The second-order valence-electron chi connectivity index (χ2n) is 7.58. The average Bonchev–Trinajstić information content (AvgIpc) is 2.79. The number of amides is 1. The molecule has 0 aliphatic carbocycles. The molecule has 0 bridgehead atoms. The number of nitrogens with zero attached hydrogens (tertiary/aromatic N) is 5. The summed E-state index contributed by atoms with van der Waals surface area (Å²) in [6.45, 7) is 6.15. The van der Waals surface area contributed by atoms with Crippen molar-refractivity contribution in [3.05, 3.63) is 40.1 Å². The van der Waals surface area contributed by atoms with Crippen molar-refractivity contribution in [1.82, 2.24) is 25.1 Å². The molecule has 1 aliphatic heterocycles. The van der Waals surface area contributed by atoms with E-state index < -0.39 is 11.7 Å². The third-order valence-electron chi connectivity index (χ3n) is 5.08. The van der Waals surface area contributed by atoms with Crippen LogP contribution in [0, 0.1) is 6.92 Å². The van der Waals surface area contributed by atoms with Crippen LogP contribution < -0.4 is 10.5 Å². The van der Waals surface area contributed by atoms with E-state index in [1.165, 1.54) is 11.8 Å². The Morgan fingerprint density at radius 1 is 1.21 bits per heavy atom. The van der Waals surface area contributed by atoms with E-state index in [1.807, 2.05) is 6.92 Å². The van der Waals surface area contributed by atoms with Crippen LogP contribution in [0.15, 0.2) is 28.3 Å². The number of halogens is 3. The van der Waals surface area contributed by atoms with Crippen molar-refractivity contribution in [2.24, 2.45) is 0 Å². The molecule has 3 rings (SSSR count). The summed E-state index contributed by atoms with van der Waals surface area (Å²) in [7, 11) is 0. The molecule has 1 N–H and O–H groups in total. The van der Waals surface area contributed by atoms with Gasteiger partial charge in [-0.05, 0) is 6.92 Å². The number of ether oxygens (including phenoxy) is 1. The summed E-state index contributed by atoms with van der Waals surface area (Å²) in [5, 5.41) is 6.27. The van der Waals surface area contributed by atoms with E-state index >= 15 is 0 Å². The lowest BCUT2D eigenvalue weighted by molar-refractivity contribution is -0.138. The lowest BCUT2D eigenvalue weighted by Crippen LogP contribution is -2.49. The molecule has 1 fully saturated rings. The molecular formula is C20H25F3N6O3S. The first-order valence-electron chi connectivity index (χ1n) is 10.4. The minimum absolute atomic E-state index is 0.0436. The molecule has 0 saturated carbocycles. The second-order valence-corrected chi connectivity index (χ2v) is 9.06. The highest BCUT2D eigenvalue weighted by molar-refractivity contribution is 8.00. The van der Waals surface area contributed by atoms with E-state index in [0.717, 1.165) is 17.3 Å². The molecule has 3 heterocycles. The third kappa shape index (κ3) is 6.90. The van der Waals surface area contributed by atoms with Gasteiger partial charge >= 0.3 is 6.18 Å². The standard InChI is InChI=1S/C20H25F3N6O3S/c1-13(33-16-11-26-27-18(31)14(16)2)12-32-8-3-17(30)28-4-6-29(7-5-28)19-24-9-15(10-25-19)20(21,22)23/h9-11,13H,3-8,12H2,1-2H3,(H,27,31)/t13-/m0/s1. The minimum atomic E-state index is -4.47. The molecule has 0 radical (unpaired) electrons. The van der Waals surface area contributed by atoms with Gasteiger partial charge in [-0.15, -0.1) is 11.8 Å². The molecule has 9 nitrogen and oxygen atoms in total. The van der Waals surface area contributed by atoms with E-state index in [0.29, 0.717) is 38.3 Å². The molecule has 1 aliphatic rings. The maximum absolute atomic E-state index is 12.6. The predicted octanol–water partition coefficient (Wildman–Crippen LogP) is 2.12. The molecule has 1 amide bonds. The number of alkyl halides is 3.